The lowest BCUT2D eigenvalue weighted by Crippen LogP contribution is -2.43. The first kappa shape index (κ1) is 14.5. The molecule has 1 heterocycles. The van der Waals surface area contributed by atoms with E-state index in [1.54, 1.807) is 18.2 Å². The van der Waals surface area contributed by atoms with Gasteiger partial charge in [-0.3, -0.25) is 14.2 Å². The lowest BCUT2D eigenvalue weighted by Gasteiger charge is -2.12. The van der Waals surface area contributed by atoms with E-state index in [9.17, 15) is 14.4 Å². The van der Waals surface area contributed by atoms with Crippen LogP contribution in [0.2, 0.25) is 0 Å². The summed E-state index contributed by atoms with van der Waals surface area (Å²) in [6, 6.07) is 0. The van der Waals surface area contributed by atoms with E-state index in [0.29, 0.717) is 18.5 Å². The summed E-state index contributed by atoms with van der Waals surface area (Å²) in [4.78, 5) is 35.6. The Morgan fingerprint density at radius 2 is 2.20 bits per heavy atom. The van der Waals surface area contributed by atoms with Crippen molar-refractivity contribution < 1.29 is 4.79 Å². The van der Waals surface area contributed by atoms with E-state index >= 15 is 0 Å². The molecule has 0 saturated carbocycles. The number of carbonyl (C=O) groups is 1. The number of nitrogens with zero attached hydrogens (tertiary/aromatic N) is 3. The van der Waals surface area contributed by atoms with Crippen molar-refractivity contribution in [2.75, 3.05) is 0 Å². The van der Waals surface area contributed by atoms with E-state index in [-0.39, 0.29) is 6.54 Å². The van der Waals surface area contributed by atoms with E-state index < -0.39 is 22.2 Å². The molecule has 1 aromatic rings. The smallest absolute Gasteiger partial charge is 0.274 e. The van der Waals surface area contributed by atoms with E-state index in [0.717, 1.165) is 9.25 Å². The van der Waals surface area contributed by atoms with Crippen LogP contribution in [0.1, 0.15) is 30.3 Å². The molecule has 0 saturated heterocycles. The molecule has 0 N–H and O–H groups in total. The van der Waals surface area contributed by atoms with E-state index in [4.69, 9.17) is 11.6 Å². The van der Waals surface area contributed by atoms with Crippen LogP contribution in [0.25, 0.3) is 5.70 Å². The topological polar surface area (TPSA) is 74.0 Å². The Hall–Kier alpha value is -1.95. The first-order chi connectivity index (χ1) is 9.56. The van der Waals surface area contributed by atoms with Gasteiger partial charge in [-0.15, -0.1) is 0 Å². The molecule has 1 aliphatic rings. The lowest BCUT2D eigenvalue weighted by molar-refractivity contribution is 0.107. The molecule has 105 valence electrons. The van der Waals surface area contributed by atoms with Crippen molar-refractivity contribution >= 4 is 22.5 Å². The monoisotopic (exact) mass is 294 g/mol. The predicted octanol–water partition coefficient (Wildman–Crippen LogP) is 1.20. The van der Waals surface area contributed by atoms with Gasteiger partial charge in [0.2, 0.25) is 5.69 Å². The fourth-order valence-electron chi connectivity index (χ4n) is 1.89. The SMILES string of the molecule is CCCn1c(=O)c(C(=O)Cl)nn(C2=CC[CH]C=C2)c1=O. The number of hydrogen-bond donors (Lipinski definition) is 0. The van der Waals surface area contributed by atoms with Crippen molar-refractivity contribution in [1.82, 2.24) is 14.3 Å². The molecule has 0 spiro atoms. The number of hydrogen-bond acceptors (Lipinski definition) is 4. The number of halogens is 1. The van der Waals surface area contributed by atoms with Crippen LogP contribution in [0.4, 0.5) is 0 Å². The van der Waals surface area contributed by atoms with Gasteiger partial charge in [-0.05, 0) is 36.9 Å². The second-order valence-corrected chi connectivity index (χ2v) is 4.58. The summed E-state index contributed by atoms with van der Waals surface area (Å²) in [6.07, 6.45) is 8.37. The van der Waals surface area contributed by atoms with Gasteiger partial charge in [0.15, 0.2) is 0 Å². The first-order valence-corrected chi connectivity index (χ1v) is 6.58. The molecule has 7 heteroatoms. The average Bonchev–Trinajstić information content (AvgIpc) is 2.44. The molecule has 0 aliphatic heterocycles. The summed E-state index contributed by atoms with van der Waals surface area (Å²) in [6.45, 7) is 2.04. The van der Waals surface area contributed by atoms with Gasteiger partial charge < -0.3 is 0 Å². The zero-order valence-corrected chi connectivity index (χ0v) is 11.6. The van der Waals surface area contributed by atoms with Gasteiger partial charge in [0.25, 0.3) is 10.8 Å². The Morgan fingerprint density at radius 3 is 2.75 bits per heavy atom. The maximum atomic E-state index is 12.3. The minimum atomic E-state index is -0.972. The van der Waals surface area contributed by atoms with Gasteiger partial charge in [0.1, 0.15) is 0 Å². The van der Waals surface area contributed by atoms with Crippen LogP contribution in [-0.4, -0.2) is 19.6 Å². The third kappa shape index (κ3) is 2.65. The van der Waals surface area contributed by atoms with Crippen LogP contribution in [0, 0.1) is 6.42 Å². The molecular weight excluding hydrogens is 282 g/mol. The first-order valence-electron chi connectivity index (χ1n) is 6.20. The van der Waals surface area contributed by atoms with Crippen LogP contribution < -0.4 is 11.2 Å². The number of allylic oxidation sites excluding steroid dienone is 4. The van der Waals surface area contributed by atoms with Gasteiger partial charge >= 0.3 is 5.69 Å². The largest absolute Gasteiger partial charge is 0.352 e. The van der Waals surface area contributed by atoms with Gasteiger partial charge in [-0.1, -0.05) is 19.1 Å². The second-order valence-electron chi connectivity index (χ2n) is 4.23. The summed E-state index contributed by atoms with van der Waals surface area (Å²) in [5, 5.41) is 2.82. The molecular formula is C13H13ClN3O3. The Balaban J connectivity index is 2.72. The van der Waals surface area contributed by atoms with Gasteiger partial charge in [-0.2, -0.15) is 9.78 Å². The molecule has 6 nitrogen and oxygen atoms in total. The van der Waals surface area contributed by atoms with Crippen LogP contribution in [0.3, 0.4) is 0 Å². The maximum Gasteiger partial charge on any atom is 0.352 e. The van der Waals surface area contributed by atoms with Crippen molar-refractivity contribution in [3.63, 3.8) is 0 Å². The highest BCUT2D eigenvalue weighted by atomic mass is 35.5. The van der Waals surface area contributed by atoms with Crippen molar-refractivity contribution in [2.24, 2.45) is 0 Å². The summed E-state index contributed by atoms with van der Waals surface area (Å²) < 4.78 is 2.02. The molecule has 0 unspecified atom stereocenters. The molecule has 0 fully saturated rings. The molecule has 2 rings (SSSR count). The zero-order chi connectivity index (χ0) is 14.7. The average molecular weight is 295 g/mol. The number of aromatic nitrogens is 3. The summed E-state index contributed by atoms with van der Waals surface area (Å²) in [7, 11) is 0. The highest BCUT2D eigenvalue weighted by Gasteiger charge is 2.18. The highest BCUT2D eigenvalue weighted by molar-refractivity contribution is 6.67. The lowest BCUT2D eigenvalue weighted by atomic mass is 10.1. The molecule has 1 aliphatic carbocycles. The Morgan fingerprint density at radius 1 is 1.45 bits per heavy atom. The standard InChI is InChI=1S/C13H13ClN3O3/c1-2-8-16-12(19)10(11(14)18)15-17(13(16)20)9-6-4-3-5-7-9/h3-4,6-7H,2,5,8H2,1H3. The van der Waals surface area contributed by atoms with E-state index in [1.807, 2.05) is 13.3 Å². The van der Waals surface area contributed by atoms with Crippen LogP contribution in [0.5, 0.6) is 0 Å². The molecule has 1 aromatic heterocycles. The van der Waals surface area contributed by atoms with Gasteiger partial charge in [0.05, 0.1) is 5.70 Å². The van der Waals surface area contributed by atoms with E-state index in [1.165, 1.54) is 0 Å². The van der Waals surface area contributed by atoms with Crippen LogP contribution in [-0.2, 0) is 6.54 Å². The normalized spacial score (nSPS) is 14.2. The fraction of sp³-hybridized carbons (Fsp3) is 0.308. The Kier molecular flexibility index (Phi) is 4.34. The van der Waals surface area contributed by atoms with Crippen molar-refractivity contribution in [1.29, 1.82) is 0 Å². The van der Waals surface area contributed by atoms with Crippen molar-refractivity contribution in [2.45, 2.75) is 26.3 Å². The third-order valence-corrected chi connectivity index (χ3v) is 2.98. The molecule has 0 amide bonds. The number of carbonyl (C=O) groups excluding carboxylic acids is 1. The van der Waals surface area contributed by atoms with Gasteiger partial charge in [0, 0.05) is 6.54 Å². The minimum absolute atomic E-state index is 0.209. The zero-order valence-electron chi connectivity index (χ0n) is 10.9. The Bertz CT molecular complexity index is 713. The molecule has 20 heavy (non-hydrogen) atoms. The van der Waals surface area contributed by atoms with Gasteiger partial charge in [-0.25, -0.2) is 4.79 Å². The minimum Gasteiger partial charge on any atom is -0.274 e. The van der Waals surface area contributed by atoms with Crippen LogP contribution in [0.15, 0.2) is 27.8 Å². The van der Waals surface area contributed by atoms with E-state index in [2.05, 4.69) is 5.10 Å². The van der Waals surface area contributed by atoms with Crippen LogP contribution >= 0.6 is 11.6 Å². The van der Waals surface area contributed by atoms with Crippen molar-refractivity contribution in [3.8, 4) is 0 Å². The quantitative estimate of drug-likeness (QED) is 0.782. The Labute approximate surface area is 120 Å². The number of rotatable bonds is 4. The summed E-state index contributed by atoms with van der Waals surface area (Å²) in [5.41, 5.74) is -1.25. The summed E-state index contributed by atoms with van der Waals surface area (Å²) in [5.74, 6) is 0. The summed E-state index contributed by atoms with van der Waals surface area (Å²) >= 11 is 5.37. The second kappa shape index (κ2) is 6.00. The molecule has 0 bridgehead atoms. The predicted molar refractivity (Wildman–Crippen MR) is 75.6 cm³/mol. The fourth-order valence-corrected chi connectivity index (χ4v) is 2.00. The third-order valence-electron chi connectivity index (χ3n) is 2.80. The molecule has 0 aromatic carbocycles. The van der Waals surface area contributed by atoms with Crippen molar-refractivity contribution in [3.05, 3.63) is 51.2 Å². The highest BCUT2D eigenvalue weighted by Crippen LogP contribution is 2.11. The maximum absolute atomic E-state index is 12.3. The molecule has 0 atom stereocenters. The molecule has 1 radical (unpaired) electrons.